The van der Waals surface area contributed by atoms with Gasteiger partial charge in [0.2, 0.25) is 5.91 Å². The lowest BCUT2D eigenvalue weighted by Gasteiger charge is -2.30. The summed E-state index contributed by atoms with van der Waals surface area (Å²) in [6, 6.07) is -1.16. The summed E-state index contributed by atoms with van der Waals surface area (Å²) in [5, 5.41) is 20.1. The number of hydrogen-bond acceptors (Lipinski definition) is 6. The summed E-state index contributed by atoms with van der Waals surface area (Å²) in [4.78, 5) is 25.4. The number of aromatic nitrogens is 3. The summed E-state index contributed by atoms with van der Waals surface area (Å²) >= 11 is 0. The number of carbonyl (C=O) groups is 2. The summed E-state index contributed by atoms with van der Waals surface area (Å²) < 4.78 is 1.32. The second-order valence-electron chi connectivity index (χ2n) is 5.33. The Balaban J connectivity index is 2.19. The van der Waals surface area contributed by atoms with E-state index in [4.69, 9.17) is 10.8 Å². The molecule has 2 heterocycles. The molecule has 4 N–H and O–H groups in total. The van der Waals surface area contributed by atoms with E-state index >= 15 is 0 Å². The summed E-state index contributed by atoms with van der Waals surface area (Å²) in [5.41, 5.74) is 6.45. The molecule has 1 amide bonds. The maximum Gasteiger partial charge on any atom is 0.306 e. The molecular weight excluding hydrogens is 288 g/mol. The number of amides is 1. The summed E-state index contributed by atoms with van der Waals surface area (Å²) in [6.45, 7) is 4.45. The lowest BCUT2D eigenvalue weighted by molar-refractivity contribution is -0.144. The quantitative estimate of drug-likeness (QED) is 0.623. The van der Waals surface area contributed by atoms with Crippen molar-refractivity contribution in [2.45, 2.75) is 31.8 Å². The molecule has 0 bridgehead atoms. The van der Waals surface area contributed by atoms with Gasteiger partial charge in [-0.1, -0.05) is 12.1 Å². The Morgan fingerprint density at radius 1 is 1.45 bits per heavy atom. The Hall–Kier alpha value is -2.00. The molecular formula is C13H22N6O3. The minimum atomic E-state index is -1.05. The minimum absolute atomic E-state index is 0.245. The van der Waals surface area contributed by atoms with Gasteiger partial charge in [-0.3, -0.25) is 9.59 Å². The maximum absolute atomic E-state index is 12.6. The van der Waals surface area contributed by atoms with E-state index in [9.17, 15) is 9.59 Å². The number of carboxylic acids is 1. The highest BCUT2D eigenvalue weighted by Crippen LogP contribution is 2.18. The topological polar surface area (TPSA) is 126 Å². The Bertz CT molecular complexity index is 526. The highest BCUT2D eigenvalue weighted by Gasteiger charge is 2.30. The highest BCUT2D eigenvalue weighted by molar-refractivity contribution is 5.84. The molecule has 2 rings (SSSR count). The van der Waals surface area contributed by atoms with Gasteiger partial charge >= 0.3 is 5.97 Å². The van der Waals surface area contributed by atoms with E-state index in [2.05, 4.69) is 15.6 Å². The first-order valence-corrected chi connectivity index (χ1v) is 7.41. The smallest absolute Gasteiger partial charge is 0.306 e. The molecule has 0 spiro atoms. The van der Waals surface area contributed by atoms with E-state index in [1.54, 1.807) is 11.1 Å². The SMILES string of the molecule is CC[C@H](N)c1cn([C@@H](CC(=O)O)C(=O)N2CCNCC2)nn1. The van der Waals surface area contributed by atoms with Crippen LogP contribution in [0.15, 0.2) is 6.20 Å². The minimum Gasteiger partial charge on any atom is -0.481 e. The number of carbonyl (C=O) groups excluding carboxylic acids is 1. The van der Waals surface area contributed by atoms with Gasteiger partial charge in [0, 0.05) is 26.2 Å². The van der Waals surface area contributed by atoms with Crippen LogP contribution in [-0.2, 0) is 9.59 Å². The molecule has 1 aliphatic heterocycles. The van der Waals surface area contributed by atoms with Gasteiger partial charge in [0.1, 0.15) is 6.04 Å². The zero-order valence-electron chi connectivity index (χ0n) is 12.6. The van der Waals surface area contributed by atoms with Gasteiger partial charge < -0.3 is 21.1 Å². The van der Waals surface area contributed by atoms with Crippen molar-refractivity contribution in [3.8, 4) is 0 Å². The predicted molar refractivity (Wildman–Crippen MR) is 78.0 cm³/mol. The lowest BCUT2D eigenvalue weighted by atomic mass is 10.1. The largest absolute Gasteiger partial charge is 0.481 e. The van der Waals surface area contributed by atoms with E-state index in [1.165, 1.54) is 4.68 Å². The van der Waals surface area contributed by atoms with Crippen molar-refractivity contribution in [1.82, 2.24) is 25.2 Å². The first kappa shape index (κ1) is 16.4. The van der Waals surface area contributed by atoms with Crippen molar-refractivity contribution in [2.24, 2.45) is 5.73 Å². The van der Waals surface area contributed by atoms with E-state index < -0.39 is 12.0 Å². The maximum atomic E-state index is 12.6. The average molecular weight is 310 g/mol. The second kappa shape index (κ2) is 7.32. The normalized spacial score (nSPS) is 18.0. The van der Waals surface area contributed by atoms with Crippen molar-refractivity contribution in [3.05, 3.63) is 11.9 Å². The monoisotopic (exact) mass is 310 g/mol. The van der Waals surface area contributed by atoms with Crippen molar-refractivity contribution in [3.63, 3.8) is 0 Å². The summed E-state index contributed by atoms with van der Waals surface area (Å²) in [7, 11) is 0. The van der Waals surface area contributed by atoms with Gasteiger partial charge in [-0.2, -0.15) is 0 Å². The molecule has 1 fully saturated rings. The standard InChI is InChI=1S/C13H22N6O3/c1-2-9(14)10-8-19(17-16-10)11(7-12(20)21)13(22)18-5-3-15-4-6-18/h8-9,11,15H,2-7,14H2,1H3,(H,20,21)/t9-,11-/m0/s1. The van der Waals surface area contributed by atoms with Crippen LogP contribution >= 0.6 is 0 Å². The van der Waals surface area contributed by atoms with Crippen LogP contribution in [0.2, 0.25) is 0 Å². The number of hydrogen-bond donors (Lipinski definition) is 3. The molecule has 0 saturated carbocycles. The van der Waals surface area contributed by atoms with Crippen LogP contribution in [0.5, 0.6) is 0 Å². The molecule has 122 valence electrons. The molecule has 1 saturated heterocycles. The molecule has 0 aliphatic carbocycles. The second-order valence-corrected chi connectivity index (χ2v) is 5.33. The summed E-state index contributed by atoms with van der Waals surface area (Å²) in [6.07, 6.45) is 1.93. The molecule has 0 unspecified atom stereocenters. The lowest BCUT2D eigenvalue weighted by Crippen LogP contribution is -2.49. The number of rotatable bonds is 6. The van der Waals surface area contributed by atoms with E-state index in [0.717, 1.165) is 0 Å². The Morgan fingerprint density at radius 3 is 2.73 bits per heavy atom. The molecule has 1 aliphatic rings. The molecule has 0 radical (unpaired) electrons. The van der Waals surface area contributed by atoms with Gasteiger partial charge in [0.15, 0.2) is 0 Å². The first-order chi connectivity index (χ1) is 10.5. The fraction of sp³-hybridized carbons (Fsp3) is 0.692. The fourth-order valence-electron chi connectivity index (χ4n) is 2.38. The number of nitrogens with two attached hydrogens (primary N) is 1. The fourth-order valence-corrected chi connectivity index (χ4v) is 2.38. The molecule has 9 nitrogen and oxygen atoms in total. The van der Waals surface area contributed by atoms with E-state index in [1.807, 2.05) is 6.92 Å². The number of carboxylic acid groups (broad SMARTS) is 1. The molecule has 9 heteroatoms. The zero-order valence-corrected chi connectivity index (χ0v) is 12.6. The van der Waals surface area contributed by atoms with Gasteiger partial charge in [0.25, 0.3) is 0 Å². The third-order valence-electron chi connectivity index (χ3n) is 3.75. The molecule has 2 atom stereocenters. The zero-order chi connectivity index (χ0) is 16.1. The van der Waals surface area contributed by atoms with Crippen LogP contribution in [0.25, 0.3) is 0 Å². The van der Waals surface area contributed by atoms with Gasteiger partial charge in [-0.05, 0) is 6.42 Å². The van der Waals surface area contributed by atoms with Crippen molar-refractivity contribution in [2.75, 3.05) is 26.2 Å². The Kier molecular flexibility index (Phi) is 5.45. The Labute approximate surface area is 128 Å². The number of aliphatic carboxylic acids is 1. The molecule has 1 aromatic heterocycles. The van der Waals surface area contributed by atoms with Gasteiger partial charge in [-0.25, -0.2) is 4.68 Å². The number of piperazine rings is 1. The van der Waals surface area contributed by atoms with Crippen LogP contribution in [0.3, 0.4) is 0 Å². The van der Waals surface area contributed by atoms with E-state index in [0.29, 0.717) is 38.3 Å². The third-order valence-corrected chi connectivity index (χ3v) is 3.75. The van der Waals surface area contributed by atoms with Crippen LogP contribution in [0.4, 0.5) is 0 Å². The number of nitrogens with zero attached hydrogens (tertiary/aromatic N) is 4. The summed E-state index contributed by atoms with van der Waals surface area (Å²) in [5.74, 6) is -1.30. The Morgan fingerprint density at radius 2 is 2.14 bits per heavy atom. The van der Waals surface area contributed by atoms with Crippen LogP contribution in [0, 0.1) is 0 Å². The molecule has 1 aromatic rings. The van der Waals surface area contributed by atoms with Gasteiger partial charge in [0.05, 0.1) is 24.4 Å². The average Bonchev–Trinajstić information content (AvgIpc) is 3.01. The van der Waals surface area contributed by atoms with Crippen LogP contribution in [0.1, 0.15) is 37.5 Å². The predicted octanol–water partition coefficient (Wildman–Crippen LogP) is -0.864. The van der Waals surface area contributed by atoms with Gasteiger partial charge in [-0.15, -0.1) is 5.10 Å². The van der Waals surface area contributed by atoms with E-state index in [-0.39, 0.29) is 18.4 Å². The third kappa shape index (κ3) is 3.80. The number of nitrogens with one attached hydrogen (secondary N) is 1. The van der Waals surface area contributed by atoms with Crippen LogP contribution in [-0.4, -0.2) is 63.1 Å². The molecule has 22 heavy (non-hydrogen) atoms. The highest BCUT2D eigenvalue weighted by atomic mass is 16.4. The van der Waals surface area contributed by atoms with Crippen molar-refractivity contribution in [1.29, 1.82) is 0 Å². The van der Waals surface area contributed by atoms with Crippen LogP contribution < -0.4 is 11.1 Å². The van der Waals surface area contributed by atoms with Crippen molar-refractivity contribution >= 4 is 11.9 Å². The first-order valence-electron chi connectivity index (χ1n) is 7.41. The molecule has 0 aromatic carbocycles. The van der Waals surface area contributed by atoms with Crippen molar-refractivity contribution < 1.29 is 14.7 Å².